The van der Waals surface area contributed by atoms with Crippen LogP contribution >= 0.6 is 11.8 Å². The molecule has 3 aromatic rings. The summed E-state index contributed by atoms with van der Waals surface area (Å²) in [5, 5.41) is 3.02. The van der Waals surface area contributed by atoms with E-state index in [1.165, 1.54) is 0 Å². The van der Waals surface area contributed by atoms with Crippen molar-refractivity contribution in [2.24, 2.45) is 0 Å². The number of hydrogen-bond acceptors (Lipinski definition) is 3. The Morgan fingerprint density at radius 1 is 1.00 bits per heavy atom. The van der Waals surface area contributed by atoms with Gasteiger partial charge in [0, 0.05) is 24.4 Å². The Balaban J connectivity index is 1.45. The molecule has 0 aliphatic carbocycles. The number of nitrogens with one attached hydrogen (secondary N) is 1. The highest BCUT2D eigenvalue weighted by Crippen LogP contribution is 2.54. The number of carbonyl (C=O) groups is 2. The normalized spacial score (nSPS) is 19.5. The van der Waals surface area contributed by atoms with E-state index >= 15 is 0 Å². The molecule has 3 aromatic carbocycles. The van der Waals surface area contributed by atoms with Crippen molar-refractivity contribution < 1.29 is 9.59 Å². The van der Waals surface area contributed by atoms with Crippen LogP contribution in [0.5, 0.6) is 0 Å². The van der Waals surface area contributed by atoms with Gasteiger partial charge in [-0.05, 0) is 24.1 Å². The molecule has 5 nitrogen and oxygen atoms in total. The second-order valence-electron chi connectivity index (χ2n) is 8.19. The lowest BCUT2D eigenvalue weighted by molar-refractivity contribution is -0.123. The third kappa shape index (κ3) is 3.45. The number of anilines is 1. The number of fused-ring (bicyclic) bond motifs is 2. The molecule has 0 saturated carbocycles. The molecule has 32 heavy (non-hydrogen) atoms. The molecule has 0 bridgehead atoms. The molecule has 6 heteroatoms. The number of carbonyl (C=O) groups excluding carboxylic acids is 2. The number of amides is 3. The van der Waals surface area contributed by atoms with Gasteiger partial charge in [0.25, 0.3) is 5.91 Å². The van der Waals surface area contributed by atoms with Gasteiger partial charge in [-0.1, -0.05) is 78.4 Å². The first-order valence-electron chi connectivity index (χ1n) is 10.8. The Morgan fingerprint density at radius 2 is 1.75 bits per heavy atom. The molecule has 1 unspecified atom stereocenters. The zero-order valence-corrected chi connectivity index (χ0v) is 18.8. The zero-order chi connectivity index (χ0) is 22.1. The molecule has 0 radical (unpaired) electrons. The summed E-state index contributed by atoms with van der Waals surface area (Å²) in [4.78, 5) is 29.8. The lowest BCUT2D eigenvalue weighted by Crippen LogP contribution is -2.53. The van der Waals surface area contributed by atoms with E-state index < -0.39 is 4.87 Å². The van der Waals surface area contributed by atoms with Gasteiger partial charge in [-0.3, -0.25) is 9.69 Å². The SMILES string of the molecule is Cc1cccc(CN2C(=O)C3(SCCN3C(=O)NCc3ccccc3)c3ccccc32)c1. The first kappa shape index (κ1) is 20.6. The van der Waals surface area contributed by atoms with E-state index in [4.69, 9.17) is 0 Å². The van der Waals surface area contributed by atoms with Crippen molar-refractivity contribution in [3.05, 3.63) is 101 Å². The van der Waals surface area contributed by atoms with E-state index in [-0.39, 0.29) is 11.9 Å². The smallest absolute Gasteiger partial charge is 0.319 e. The summed E-state index contributed by atoms with van der Waals surface area (Å²) in [7, 11) is 0. The maximum Gasteiger partial charge on any atom is 0.319 e. The summed E-state index contributed by atoms with van der Waals surface area (Å²) in [6.45, 7) is 3.50. The standard InChI is InChI=1S/C26H25N3O2S/c1-19-8-7-11-21(16-19)18-28-23-13-6-5-12-22(23)26(24(28)30)29(14-15-32-26)25(31)27-17-20-9-3-2-4-10-20/h2-13,16H,14-15,17-18H2,1H3,(H,27,31). The lowest BCUT2D eigenvalue weighted by Gasteiger charge is -2.33. The first-order valence-corrected chi connectivity index (χ1v) is 11.8. The number of aryl methyl sites for hydroxylation is 1. The van der Waals surface area contributed by atoms with Gasteiger partial charge in [0.05, 0.1) is 12.2 Å². The molecule has 2 heterocycles. The highest BCUT2D eigenvalue weighted by Gasteiger charge is 2.59. The number of benzene rings is 3. The number of para-hydroxylation sites is 1. The highest BCUT2D eigenvalue weighted by atomic mass is 32.2. The van der Waals surface area contributed by atoms with Crippen LogP contribution in [0.3, 0.4) is 0 Å². The molecule has 0 aromatic heterocycles. The van der Waals surface area contributed by atoms with Crippen LogP contribution in [-0.2, 0) is 22.8 Å². The fraction of sp³-hybridized carbons (Fsp3) is 0.231. The second kappa shape index (κ2) is 8.36. The maximum atomic E-state index is 13.9. The first-order chi connectivity index (χ1) is 15.6. The van der Waals surface area contributed by atoms with Crippen molar-refractivity contribution in [1.29, 1.82) is 0 Å². The number of thioether (sulfide) groups is 1. The summed E-state index contributed by atoms with van der Waals surface area (Å²) in [5.74, 6) is 0.675. The summed E-state index contributed by atoms with van der Waals surface area (Å²) >= 11 is 1.55. The lowest BCUT2D eigenvalue weighted by atomic mass is 10.1. The molecule has 1 spiro atoms. The fourth-order valence-electron chi connectivity index (χ4n) is 4.59. The Labute approximate surface area is 192 Å². The van der Waals surface area contributed by atoms with Crippen molar-refractivity contribution in [2.75, 3.05) is 17.2 Å². The van der Waals surface area contributed by atoms with Gasteiger partial charge in [0.1, 0.15) is 0 Å². The number of nitrogens with zero attached hydrogens (tertiary/aromatic N) is 2. The topological polar surface area (TPSA) is 52.7 Å². The molecule has 5 rings (SSSR count). The van der Waals surface area contributed by atoms with Crippen LogP contribution in [0.2, 0.25) is 0 Å². The third-order valence-corrected chi connectivity index (χ3v) is 7.48. The van der Waals surface area contributed by atoms with Crippen molar-refractivity contribution >= 4 is 29.4 Å². The van der Waals surface area contributed by atoms with Crippen molar-refractivity contribution in [3.63, 3.8) is 0 Å². The van der Waals surface area contributed by atoms with E-state index in [9.17, 15) is 9.59 Å². The third-order valence-electron chi connectivity index (χ3n) is 6.06. The Kier molecular flexibility index (Phi) is 5.39. The molecular formula is C26H25N3O2S. The van der Waals surface area contributed by atoms with E-state index in [2.05, 4.69) is 24.4 Å². The Morgan fingerprint density at radius 3 is 2.56 bits per heavy atom. The van der Waals surface area contributed by atoms with Crippen LogP contribution in [0, 0.1) is 6.92 Å². The number of urea groups is 1. The molecule has 2 aliphatic heterocycles. The average Bonchev–Trinajstić information content (AvgIpc) is 3.36. The summed E-state index contributed by atoms with van der Waals surface area (Å²) in [6.07, 6.45) is 0. The van der Waals surface area contributed by atoms with Crippen LogP contribution in [0.4, 0.5) is 10.5 Å². The molecule has 2 aliphatic rings. The van der Waals surface area contributed by atoms with Gasteiger partial charge in [0.15, 0.2) is 4.87 Å². The van der Waals surface area contributed by atoms with Gasteiger partial charge in [-0.25, -0.2) is 4.79 Å². The molecular weight excluding hydrogens is 418 g/mol. The predicted octanol–water partition coefficient (Wildman–Crippen LogP) is 4.65. The van der Waals surface area contributed by atoms with Crippen molar-refractivity contribution in [3.8, 4) is 0 Å². The van der Waals surface area contributed by atoms with Crippen molar-refractivity contribution in [1.82, 2.24) is 10.2 Å². The monoisotopic (exact) mass is 443 g/mol. The maximum absolute atomic E-state index is 13.9. The quantitative estimate of drug-likeness (QED) is 0.638. The largest absolute Gasteiger partial charge is 0.334 e. The van der Waals surface area contributed by atoms with Gasteiger partial charge < -0.3 is 10.2 Å². The van der Waals surface area contributed by atoms with Crippen LogP contribution in [0.1, 0.15) is 22.3 Å². The number of hydrogen-bond donors (Lipinski definition) is 1. The van der Waals surface area contributed by atoms with Gasteiger partial charge in [-0.2, -0.15) is 0 Å². The van der Waals surface area contributed by atoms with Crippen LogP contribution in [-0.4, -0.2) is 29.1 Å². The predicted molar refractivity (Wildman–Crippen MR) is 128 cm³/mol. The van der Waals surface area contributed by atoms with Crippen LogP contribution in [0.15, 0.2) is 78.9 Å². The molecule has 1 N–H and O–H groups in total. The van der Waals surface area contributed by atoms with Crippen molar-refractivity contribution in [2.45, 2.75) is 24.9 Å². The molecule has 1 atom stereocenters. The number of rotatable bonds is 4. The minimum absolute atomic E-state index is 0.0439. The molecule has 1 saturated heterocycles. The Bertz CT molecular complexity index is 1170. The van der Waals surface area contributed by atoms with E-state index in [1.54, 1.807) is 16.7 Å². The van der Waals surface area contributed by atoms with E-state index in [0.717, 1.165) is 33.7 Å². The highest BCUT2D eigenvalue weighted by molar-refractivity contribution is 8.01. The summed E-state index contributed by atoms with van der Waals surface area (Å²) in [5.41, 5.74) is 5.05. The van der Waals surface area contributed by atoms with E-state index in [1.807, 2.05) is 71.6 Å². The molecule has 162 valence electrons. The average molecular weight is 444 g/mol. The van der Waals surface area contributed by atoms with Gasteiger partial charge in [0.2, 0.25) is 0 Å². The minimum atomic E-state index is -1.01. The summed E-state index contributed by atoms with van der Waals surface area (Å²) in [6, 6.07) is 25.7. The second-order valence-corrected chi connectivity index (χ2v) is 9.47. The van der Waals surface area contributed by atoms with Gasteiger partial charge >= 0.3 is 6.03 Å². The van der Waals surface area contributed by atoms with Crippen LogP contribution in [0.25, 0.3) is 0 Å². The minimum Gasteiger partial charge on any atom is -0.334 e. The molecule has 1 fully saturated rings. The Hall–Kier alpha value is -3.25. The summed E-state index contributed by atoms with van der Waals surface area (Å²) < 4.78 is 0. The van der Waals surface area contributed by atoms with Crippen LogP contribution < -0.4 is 10.2 Å². The van der Waals surface area contributed by atoms with E-state index in [0.29, 0.717) is 19.6 Å². The van der Waals surface area contributed by atoms with Gasteiger partial charge in [-0.15, -0.1) is 11.8 Å². The fourth-order valence-corrected chi connectivity index (χ4v) is 6.05. The molecule has 3 amide bonds. The zero-order valence-electron chi connectivity index (χ0n) is 18.0.